The summed E-state index contributed by atoms with van der Waals surface area (Å²) in [6.07, 6.45) is 0. The molecule has 1 saturated heterocycles. The minimum Gasteiger partial charge on any atom is -0.379 e. The minimum atomic E-state index is 0.569. The van der Waals surface area contributed by atoms with E-state index in [1.807, 2.05) is 35.7 Å². The highest BCUT2D eigenvalue weighted by Crippen LogP contribution is 2.23. The zero-order chi connectivity index (χ0) is 16.6. The molecule has 128 valence electrons. The summed E-state index contributed by atoms with van der Waals surface area (Å²) in [7, 11) is 0. The van der Waals surface area contributed by atoms with Crippen molar-refractivity contribution in [2.24, 2.45) is 0 Å². The number of benzene rings is 1. The first kappa shape index (κ1) is 17.1. The van der Waals surface area contributed by atoms with E-state index in [0.29, 0.717) is 5.11 Å². The Morgan fingerprint density at radius 2 is 2.04 bits per heavy atom. The van der Waals surface area contributed by atoms with Gasteiger partial charge in [-0.2, -0.15) is 0 Å². The van der Waals surface area contributed by atoms with Crippen LogP contribution in [0.4, 0.5) is 5.13 Å². The normalized spacial score (nSPS) is 15.0. The van der Waals surface area contributed by atoms with Crippen LogP contribution in [0, 0.1) is 0 Å². The molecule has 1 fully saturated rings. The zero-order valence-electron chi connectivity index (χ0n) is 13.3. The summed E-state index contributed by atoms with van der Waals surface area (Å²) < 4.78 is 5.33. The van der Waals surface area contributed by atoms with Gasteiger partial charge >= 0.3 is 0 Å². The van der Waals surface area contributed by atoms with Crippen molar-refractivity contribution in [3.05, 3.63) is 35.7 Å². The predicted molar refractivity (Wildman–Crippen MR) is 102 cm³/mol. The summed E-state index contributed by atoms with van der Waals surface area (Å²) >= 11 is 6.81. The second-order valence-corrected chi connectivity index (χ2v) is 6.63. The van der Waals surface area contributed by atoms with Gasteiger partial charge in [0.1, 0.15) is 0 Å². The van der Waals surface area contributed by atoms with Crippen LogP contribution in [-0.2, 0) is 4.74 Å². The van der Waals surface area contributed by atoms with E-state index in [1.54, 1.807) is 0 Å². The lowest BCUT2D eigenvalue weighted by Gasteiger charge is -2.26. The lowest BCUT2D eigenvalue weighted by Crippen LogP contribution is -2.44. The van der Waals surface area contributed by atoms with Crippen LogP contribution in [-0.4, -0.2) is 54.4 Å². The number of hydrazine groups is 1. The van der Waals surface area contributed by atoms with Crippen molar-refractivity contribution in [1.82, 2.24) is 20.6 Å². The molecule has 0 bridgehead atoms. The van der Waals surface area contributed by atoms with E-state index in [0.717, 1.165) is 55.8 Å². The maximum atomic E-state index is 5.33. The highest BCUT2D eigenvalue weighted by atomic mass is 32.1. The number of aromatic nitrogens is 1. The fraction of sp³-hybridized carbons (Fsp3) is 0.375. The largest absolute Gasteiger partial charge is 0.379 e. The number of anilines is 1. The average Bonchev–Trinajstić information content (AvgIpc) is 3.11. The smallest absolute Gasteiger partial charge is 0.202 e. The van der Waals surface area contributed by atoms with Crippen LogP contribution in [0.15, 0.2) is 35.7 Å². The molecule has 1 aromatic carbocycles. The van der Waals surface area contributed by atoms with Crippen LogP contribution in [0.25, 0.3) is 11.3 Å². The zero-order valence-corrected chi connectivity index (χ0v) is 15.0. The molecule has 2 heterocycles. The molecule has 24 heavy (non-hydrogen) atoms. The predicted octanol–water partition coefficient (Wildman–Crippen LogP) is 1.93. The third kappa shape index (κ3) is 5.13. The third-order valence-corrected chi connectivity index (χ3v) is 4.68. The fourth-order valence-electron chi connectivity index (χ4n) is 2.38. The van der Waals surface area contributed by atoms with E-state index in [1.165, 1.54) is 11.3 Å². The number of hydrogen-bond acceptors (Lipinski definition) is 6. The van der Waals surface area contributed by atoms with Gasteiger partial charge in [-0.3, -0.25) is 15.8 Å². The van der Waals surface area contributed by atoms with Gasteiger partial charge in [-0.15, -0.1) is 11.3 Å². The van der Waals surface area contributed by atoms with Gasteiger partial charge in [0.15, 0.2) is 5.11 Å². The number of thiocarbonyl (C=S) groups is 1. The first-order chi connectivity index (χ1) is 11.8. The van der Waals surface area contributed by atoms with Crippen molar-refractivity contribution in [1.29, 1.82) is 0 Å². The van der Waals surface area contributed by atoms with Crippen molar-refractivity contribution in [2.45, 2.75) is 0 Å². The second kappa shape index (κ2) is 8.93. The Labute approximate surface area is 151 Å². The number of nitrogens with one attached hydrogen (secondary N) is 3. The molecule has 6 nitrogen and oxygen atoms in total. The molecule has 3 rings (SSSR count). The molecule has 0 aliphatic carbocycles. The molecule has 0 unspecified atom stereocenters. The fourth-order valence-corrected chi connectivity index (χ4v) is 3.21. The number of nitrogens with zero attached hydrogens (tertiary/aromatic N) is 2. The van der Waals surface area contributed by atoms with Crippen LogP contribution < -0.4 is 16.2 Å². The number of ether oxygens (including phenoxy) is 1. The Kier molecular flexibility index (Phi) is 6.36. The molecule has 3 N–H and O–H groups in total. The highest BCUT2D eigenvalue weighted by Gasteiger charge is 2.09. The monoisotopic (exact) mass is 363 g/mol. The van der Waals surface area contributed by atoms with Crippen LogP contribution in [0.1, 0.15) is 0 Å². The van der Waals surface area contributed by atoms with Gasteiger partial charge in [-0.1, -0.05) is 30.3 Å². The highest BCUT2D eigenvalue weighted by molar-refractivity contribution is 7.80. The Balaban J connectivity index is 1.38. The standard InChI is InChI=1S/C16H21N5OS2/c23-15(17-6-7-21-8-10-22-11-9-21)19-20-16-18-14(12-24-16)13-4-2-1-3-5-13/h1-5,12H,6-11H2,(H,18,20)(H2,17,19,23). The van der Waals surface area contributed by atoms with Crippen molar-refractivity contribution in [2.75, 3.05) is 44.8 Å². The first-order valence-electron chi connectivity index (χ1n) is 7.92. The first-order valence-corrected chi connectivity index (χ1v) is 9.21. The number of hydrogen-bond donors (Lipinski definition) is 3. The van der Waals surface area contributed by atoms with Crippen LogP contribution in [0.2, 0.25) is 0 Å². The molecule has 2 aromatic rings. The summed E-state index contributed by atoms with van der Waals surface area (Å²) in [5.41, 5.74) is 8.08. The van der Waals surface area contributed by atoms with E-state index in [2.05, 4.69) is 26.1 Å². The molecular formula is C16H21N5OS2. The molecule has 1 aromatic heterocycles. The summed E-state index contributed by atoms with van der Waals surface area (Å²) in [4.78, 5) is 6.90. The van der Waals surface area contributed by atoms with Crippen molar-refractivity contribution in [3.8, 4) is 11.3 Å². The molecule has 8 heteroatoms. The van der Waals surface area contributed by atoms with Crippen molar-refractivity contribution >= 4 is 33.8 Å². The molecule has 0 atom stereocenters. The minimum absolute atomic E-state index is 0.569. The number of thiazole rings is 1. The maximum absolute atomic E-state index is 5.33. The molecule has 0 saturated carbocycles. The van der Waals surface area contributed by atoms with E-state index in [9.17, 15) is 0 Å². The van der Waals surface area contributed by atoms with Gasteiger partial charge < -0.3 is 10.1 Å². The third-order valence-electron chi connectivity index (χ3n) is 3.67. The number of rotatable bonds is 6. The quantitative estimate of drug-likeness (QED) is 0.535. The van der Waals surface area contributed by atoms with Crippen LogP contribution in [0.3, 0.4) is 0 Å². The van der Waals surface area contributed by atoms with Crippen LogP contribution in [0.5, 0.6) is 0 Å². The molecule has 1 aliphatic rings. The SMILES string of the molecule is S=C(NCCN1CCOCC1)NNc1nc(-c2ccccc2)cs1. The Morgan fingerprint density at radius 3 is 2.83 bits per heavy atom. The molecule has 1 aliphatic heterocycles. The van der Waals surface area contributed by atoms with Gasteiger partial charge in [-0.25, -0.2) is 4.98 Å². The lowest BCUT2D eigenvalue weighted by atomic mass is 10.2. The van der Waals surface area contributed by atoms with E-state index in [4.69, 9.17) is 17.0 Å². The topological polar surface area (TPSA) is 61.5 Å². The van der Waals surface area contributed by atoms with Gasteiger partial charge in [-0.05, 0) is 12.2 Å². The average molecular weight is 364 g/mol. The Hall–Kier alpha value is -1.74. The van der Waals surface area contributed by atoms with E-state index in [-0.39, 0.29) is 0 Å². The number of morpholine rings is 1. The lowest BCUT2D eigenvalue weighted by molar-refractivity contribution is 0.0389. The summed E-state index contributed by atoms with van der Waals surface area (Å²) in [6, 6.07) is 10.1. The van der Waals surface area contributed by atoms with E-state index >= 15 is 0 Å². The van der Waals surface area contributed by atoms with Gasteiger partial charge in [0.05, 0.1) is 18.9 Å². The Morgan fingerprint density at radius 1 is 1.25 bits per heavy atom. The maximum Gasteiger partial charge on any atom is 0.202 e. The van der Waals surface area contributed by atoms with Crippen molar-refractivity contribution in [3.63, 3.8) is 0 Å². The molecule has 0 spiro atoms. The Bertz CT molecular complexity index is 643. The van der Waals surface area contributed by atoms with E-state index < -0.39 is 0 Å². The molecule has 0 amide bonds. The molecular weight excluding hydrogens is 342 g/mol. The summed E-state index contributed by atoms with van der Waals surface area (Å²) in [5, 5.41) is 6.57. The van der Waals surface area contributed by atoms with Crippen molar-refractivity contribution < 1.29 is 4.74 Å². The van der Waals surface area contributed by atoms with Gasteiger partial charge in [0.25, 0.3) is 0 Å². The van der Waals surface area contributed by atoms with Gasteiger partial charge in [0.2, 0.25) is 5.13 Å². The summed E-state index contributed by atoms with van der Waals surface area (Å²) in [5.74, 6) is 0. The molecule has 0 radical (unpaired) electrons. The van der Waals surface area contributed by atoms with Gasteiger partial charge in [0, 0.05) is 37.1 Å². The summed E-state index contributed by atoms with van der Waals surface area (Å²) in [6.45, 7) is 5.38. The van der Waals surface area contributed by atoms with Crippen LogP contribution >= 0.6 is 23.6 Å². The second-order valence-electron chi connectivity index (χ2n) is 5.36.